The highest BCUT2D eigenvalue weighted by molar-refractivity contribution is 7.99. The molecule has 2 heterocycles. The van der Waals surface area contributed by atoms with E-state index >= 15 is 0 Å². The lowest BCUT2D eigenvalue weighted by Crippen LogP contribution is -2.45. The van der Waals surface area contributed by atoms with Crippen LogP contribution in [0, 0.1) is 0 Å². The SMILES string of the molecule is CC(=O)O[C@H]1C(=O)N(CCN(C)C)c2ccccc2S[C@H]1c1ccsc1. The third kappa shape index (κ3) is 4.11. The standard InChI is InChI=1S/C19H22N2O3S2/c1-13(22)24-17-18(14-8-11-25-12-14)26-16-7-5-4-6-15(16)21(19(17)23)10-9-20(2)3/h4-8,11-12,17-18H,9-10H2,1-3H3/t17-,18+/m1/s1. The number of carbonyl (C=O) groups is 2. The normalized spacial score (nSPS) is 20.0. The van der Waals surface area contributed by atoms with E-state index in [9.17, 15) is 9.59 Å². The van der Waals surface area contributed by atoms with Gasteiger partial charge in [0.25, 0.3) is 5.91 Å². The fourth-order valence-electron chi connectivity index (χ4n) is 2.88. The number of rotatable bonds is 5. The first-order chi connectivity index (χ1) is 12.5. The zero-order chi connectivity index (χ0) is 18.7. The molecule has 0 N–H and O–H groups in total. The predicted octanol–water partition coefficient (Wildman–Crippen LogP) is 3.42. The van der Waals surface area contributed by atoms with E-state index in [-0.39, 0.29) is 11.2 Å². The fraction of sp³-hybridized carbons (Fsp3) is 0.368. The molecule has 138 valence electrons. The number of esters is 1. The van der Waals surface area contributed by atoms with E-state index in [0.717, 1.165) is 22.7 Å². The molecule has 26 heavy (non-hydrogen) atoms. The van der Waals surface area contributed by atoms with Crippen LogP contribution in [0.3, 0.4) is 0 Å². The smallest absolute Gasteiger partial charge is 0.303 e. The van der Waals surface area contributed by atoms with Gasteiger partial charge < -0.3 is 14.5 Å². The molecule has 0 aliphatic carbocycles. The molecule has 1 aromatic heterocycles. The lowest BCUT2D eigenvalue weighted by atomic mass is 10.1. The molecular formula is C19H22N2O3S2. The predicted molar refractivity (Wildman–Crippen MR) is 106 cm³/mol. The van der Waals surface area contributed by atoms with Crippen molar-refractivity contribution in [3.8, 4) is 0 Å². The molecule has 1 amide bonds. The Bertz CT molecular complexity index is 777. The number of hydrogen-bond acceptors (Lipinski definition) is 6. The second-order valence-electron chi connectivity index (χ2n) is 6.39. The fourth-order valence-corrected chi connectivity index (χ4v) is 4.97. The highest BCUT2D eigenvalue weighted by atomic mass is 32.2. The summed E-state index contributed by atoms with van der Waals surface area (Å²) in [7, 11) is 3.95. The first-order valence-electron chi connectivity index (χ1n) is 8.38. The van der Waals surface area contributed by atoms with Crippen LogP contribution in [-0.2, 0) is 14.3 Å². The minimum absolute atomic E-state index is 0.171. The van der Waals surface area contributed by atoms with Crippen LogP contribution in [0.15, 0.2) is 46.0 Å². The Hall–Kier alpha value is -1.83. The summed E-state index contributed by atoms with van der Waals surface area (Å²) >= 11 is 3.15. The molecule has 0 saturated carbocycles. The Kier molecular flexibility index (Phi) is 6.01. The van der Waals surface area contributed by atoms with Crippen LogP contribution >= 0.6 is 23.1 Å². The monoisotopic (exact) mass is 390 g/mol. The molecule has 0 unspecified atom stereocenters. The number of carbonyl (C=O) groups excluding carboxylic acids is 2. The number of thioether (sulfide) groups is 1. The Morgan fingerprint density at radius 1 is 1.27 bits per heavy atom. The first kappa shape index (κ1) is 18.9. The van der Waals surface area contributed by atoms with Gasteiger partial charge in [0.1, 0.15) is 0 Å². The summed E-state index contributed by atoms with van der Waals surface area (Å²) < 4.78 is 5.53. The van der Waals surface area contributed by atoms with Gasteiger partial charge >= 0.3 is 5.97 Å². The van der Waals surface area contributed by atoms with Gasteiger partial charge in [-0.1, -0.05) is 12.1 Å². The van der Waals surface area contributed by atoms with E-state index in [1.54, 1.807) is 28.0 Å². The van der Waals surface area contributed by atoms with Gasteiger partial charge in [0.2, 0.25) is 0 Å². The molecule has 7 heteroatoms. The van der Waals surface area contributed by atoms with Crippen molar-refractivity contribution < 1.29 is 14.3 Å². The molecule has 0 fully saturated rings. The van der Waals surface area contributed by atoms with Gasteiger partial charge in [-0.2, -0.15) is 11.3 Å². The lowest BCUT2D eigenvalue weighted by Gasteiger charge is -2.28. The van der Waals surface area contributed by atoms with Crippen molar-refractivity contribution in [1.82, 2.24) is 4.90 Å². The Labute approximate surface area is 161 Å². The van der Waals surface area contributed by atoms with Crippen molar-refractivity contribution in [2.45, 2.75) is 23.2 Å². The number of benzene rings is 1. The zero-order valence-electron chi connectivity index (χ0n) is 15.0. The summed E-state index contributed by atoms with van der Waals surface area (Å²) in [5.74, 6) is -0.613. The number of likely N-dealkylation sites (N-methyl/N-ethyl adjacent to an activating group) is 1. The van der Waals surface area contributed by atoms with Crippen LogP contribution in [0.4, 0.5) is 5.69 Å². The van der Waals surface area contributed by atoms with E-state index in [4.69, 9.17) is 4.74 Å². The van der Waals surface area contributed by atoms with Crippen molar-refractivity contribution in [2.24, 2.45) is 0 Å². The highest BCUT2D eigenvalue weighted by Crippen LogP contribution is 2.47. The molecule has 1 aliphatic rings. The van der Waals surface area contributed by atoms with Gasteiger partial charge in [-0.3, -0.25) is 9.59 Å². The minimum Gasteiger partial charge on any atom is -0.451 e. The maximum Gasteiger partial charge on any atom is 0.303 e. The second-order valence-corrected chi connectivity index (χ2v) is 8.35. The summed E-state index contributed by atoms with van der Waals surface area (Å²) in [4.78, 5) is 29.9. The number of thiophene rings is 1. The van der Waals surface area contributed by atoms with E-state index in [0.29, 0.717) is 6.54 Å². The minimum atomic E-state index is -0.846. The summed E-state index contributed by atoms with van der Waals surface area (Å²) in [6.45, 7) is 2.61. The Morgan fingerprint density at radius 2 is 2.04 bits per heavy atom. The van der Waals surface area contributed by atoms with Gasteiger partial charge in [-0.05, 0) is 48.6 Å². The van der Waals surface area contributed by atoms with E-state index in [1.807, 2.05) is 60.1 Å². The third-order valence-corrected chi connectivity index (χ3v) is 6.20. The molecule has 0 spiro atoms. The van der Waals surface area contributed by atoms with Crippen molar-refractivity contribution in [1.29, 1.82) is 0 Å². The topological polar surface area (TPSA) is 49.9 Å². The maximum absolute atomic E-state index is 13.4. The van der Waals surface area contributed by atoms with Crippen molar-refractivity contribution in [3.63, 3.8) is 0 Å². The molecule has 5 nitrogen and oxygen atoms in total. The number of ether oxygens (including phenoxy) is 1. The van der Waals surface area contributed by atoms with Crippen molar-refractivity contribution in [3.05, 3.63) is 46.7 Å². The van der Waals surface area contributed by atoms with Gasteiger partial charge in [0.15, 0.2) is 6.10 Å². The Balaban J connectivity index is 2.05. The molecule has 0 saturated heterocycles. The summed E-state index contributed by atoms with van der Waals surface area (Å²) in [5, 5.41) is 3.73. The zero-order valence-corrected chi connectivity index (χ0v) is 16.7. The van der Waals surface area contributed by atoms with Crippen LogP contribution in [0.1, 0.15) is 17.7 Å². The van der Waals surface area contributed by atoms with Gasteiger partial charge in [0, 0.05) is 24.9 Å². The first-order valence-corrected chi connectivity index (χ1v) is 10.2. The Morgan fingerprint density at radius 3 is 2.69 bits per heavy atom. The number of fused-ring (bicyclic) bond motifs is 1. The number of anilines is 1. The van der Waals surface area contributed by atoms with Crippen LogP contribution < -0.4 is 4.90 Å². The number of hydrogen-bond donors (Lipinski definition) is 0. The molecule has 0 radical (unpaired) electrons. The maximum atomic E-state index is 13.4. The second kappa shape index (κ2) is 8.24. The highest BCUT2D eigenvalue weighted by Gasteiger charge is 2.40. The largest absolute Gasteiger partial charge is 0.451 e. The third-order valence-electron chi connectivity index (χ3n) is 4.13. The molecule has 0 bridgehead atoms. The lowest BCUT2D eigenvalue weighted by molar-refractivity contribution is -0.152. The van der Waals surface area contributed by atoms with Crippen LogP contribution in [0.25, 0.3) is 0 Å². The van der Waals surface area contributed by atoms with Gasteiger partial charge in [-0.15, -0.1) is 11.8 Å². The van der Waals surface area contributed by atoms with Gasteiger partial charge in [-0.25, -0.2) is 0 Å². The van der Waals surface area contributed by atoms with E-state index in [2.05, 4.69) is 0 Å². The van der Waals surface area contributed by atoms with Crippen LogP contribution in [0.2, 0.25) is 0 Å². The molecular weight excluding hydrogens is 368 g/mol. The summed E-state index contributed by atoms with van der Waals surface area (Å²) in [6.07, 6.45) is -0.846. The van der Waals surface area contributed by atoms with Crippen LogP contribution in [0.5, 0.6) is 0 Å². The molecule has 2 aromatic rings. The van der Waals surface area contributed by atoms with E-state index < -0.39 is 12.1 Å². The average Bonchev–Trinajstić information content (AvgIpc) is 3.09. The number of amides is 1. The van der Waals surface area contributed by atoms with Crippen molar-refractivity contribution >= 4 is 40.7 Å². The number of para-hydroxylation sites is 1. The summed E-state index contributed by atoms with van der Waals surface area (Å²) in [6, 6.07) is 9.87. The van der Waals surface area contributed by atoms with E-state index in [1.165, 1.54) is 6.92 Å². The molecule has 3 rings (SSSR count). The molecule has 2 atom stereocenters. The molecule has 1 aromatic carbocycles. The van der Waals surface area contributed by atoms with Crippen LogP contribution in [-0.4, -0.2) is 50.1 Å². The van der Waals surface area contributed by atoms with Gasteiger partial charge in [0.05, 0.1) is 10.9 Å². The molecule has 1 aliphatic heterocycles. The van der Waals surface area contributed by atoms with Crippen molar-refractivity contribution in [2.75, 3.05) is 32.1 Å². The summed E-state index contributed by atoms with van der Waals surface area (Å²) in [5.41, 5.74) is 1.88. The number of nitrogens with zero attached hydrogens (tertiary/aromatic N) is 2. The quantitative estimate of drug-likeness (QED) is 0.732. The average molecular weight is 391 g/mol.